The maximum absolute atomic E-state index is 12.7. The van der Waals surface area contributed by atoms with Gasteiger partial charge in [0.2, 0.25) is 0 Å². The molecule has 0 unspecified atom stereocenters. The third-order valence-electron chi connectivity index (χ3n) is 5.20. The van der Waals surface area contributed by atoms with E-state index in [1.165, 1.54) is 6.33 Å². The van der Waals surface area contributed by atoms with Gasteiger partial charge >= 0.3 is 6.09 Å². The van der Waals surface area contributed by atoms with E-state index in [9.17, 15) is 14.7 Å². The SMILES string of the molecule is CC(C)[C@H](CO)Nc1ncnc2[nH]c(C(=O)NCC3(NC(=O)OC(C)(C)C)CC3)cc12.O=CO. The number of carbonyl (C=O) groups excluding carboxylic acids is 2. The lowest BCUT2D eigenvalue weighted by Crippen LogP contribution is -2.47. The molecule has 12 heteroatoms. The lowest BCUT2D eigenvalue weighted by Gasteiger charge is -2.23. The lowest BCUT2D eigenvalue weighted by molar-refractivity contribution is -0.122. The number of nitrogens with one attached hydrogen (secondary N) is 4. The maximum atomic E-state index is 12.7. The van der Waals surface area contributed by atoms with Crippen LogP contribution in [0.25, 0.3) is 11.0 Å². The molecule has 6 N–H and O–H groups in total. The summed E-state index contributed by atoms with van der Waals surface area (Å²) in [6.45, 7) is 9.44. The van der Waals surface area contributed by atoms with Crippen LogP contribution >= 0.6 is 0 Å². The van der Waals surface area contributed by atoms with E-state index in [0.717, 1.165) is 12.8 Å². The van der Waals surface area contributed by atoms with Crippen LogP contribution in [0.2, 0.25) is 0 Å². The number of H-pyrrole nitrogens is 1. The second-order valence-corrected chi connectivity index (χ2v) is 9.54. The molecule has 0 radical (unpaired) electrons. The molecule has 1 saturated carbocycles. The molecule has 1 fully saturated rings. The third-order valence-corrected chi connectivity index (χ3v) is 5.20. The highest BCUT2D eigenvalue weighted by Crippen LogP contribution is 2.35. The molecule has 0 spiro atoms. The second kappa shape index (κ2) is 11.1. The van der Waals surface area contributed by atoms with Gasteiger partial charge in [0.1, 0.15) is 29.1 Å². The van der Waals surface area contributed by atoms with E-state index in [1.807, 2.05) is 13.8 Å². The van der Waals surface area contributed by atoms with Gasteiger partial charge in [0, 0.05) is 6.54 Å². The van der Waals surface area contributed by atoms with Crippen LogP contribution in [0, 0.1) is 5.92 Å². The van der Waals surface area contributed by atoms with E-state index >= 15 is 0 Å². The number of anilines is 1. The lowest BCUT2D eigenvalue weighted by atomic mass is 10.1. The number of aromatic amines is 1. The maximum Gasteiger partial charge on any atom is 0.408 e. The molecule has 1 aliphatic carbocycles. The quantitative estimate of drug-likeness (QED) is 0.309. The first-order valence-corrected chi connectivity index (χ1v) is 11.0. The van der Waals surface area contributed by atoms with Crippen molar-refractivity contribution in [1.29, 1.82) is 0 Å². The summed E-state index contributed by atoms with van der Waals surface area (Å²) < 4.78 is 5.31. The zero-order chi connectivity index (χ0) is 25.5. The van der Waals surface area contributed by atoms with E-state index in [1.54, 1.807) is 26.8 Å². The molecule has 0 bridgehead atoms. The van der Waals surface area contributed by atoms with Crippen molar-refractivity contribution in [3.05, 3.63) is 18.1 Å². The number of aliphatic hydroxyl groups is 1. The van der Waals surface area contributed by atoms with Gasteiger partial charge in [-0.1, -0.05) is 13.8 Å². The van der Waals surface area contributed by atoms with E-state index < -0.39 is 17.2 Å². The summed E-state index contributed by atoms with van der Waals surface area (Å²) in [4.78, 5) is 44.6. The first-order chi connectivity index (χ1) is 15.9. The summed E-state index contributed by atoms with van der Waals surface area (Å²) >= 11 is 0. The topological polar surface area (TPSA) is 179 Å². The number of carbonyl (C=O) groups is 3. The minimum absolute atomic E-state index is 0.0341. The van der Waals surface area contributed by atoms with Gasteiger partial charge in [0.15, 0.2) is 0 Å². The summed E-state index contributed by atoms with van der Waals surface area (Å²) in [6, 6.07) is 1.52. The predicted octanol–water partition coefficient (Wildman–Crippen LogP) is 1.87. The molecule has 2 aromatic rings. The summed E-state index contributed by atoms with van der Waals surface area (Å²) in [5.41, 5.74) is -0.180. The van der Waals surface area contributed by atoms with Gasteiger partial charge in [-0.15, -0.1) is 0 Å². The van der Waals surface area contributed by atoms with Crippen molar-refractivity contribution >= 4 is 35.3 Å². The molecule has 2 aromatic heterocycles. The fraction of sp³-hybridized carbons (Fsp3) is 0.591. The zero-order valence-electron chi connectivity index (χ0n) is 20.1. The van der Waals surface area contributed by atoms with Gasteiger partial charge in [-0.3, -0.25) is 9.59 Å². The van der Waals surface area contributed by atoms with Crippen LogP contribution in [0.5, 0.6) is 0 Å². The second-order valence-electron chi connectivity index (χ2n) is 9.54. The van der Waals surface area contributed by atoms with Gasteiger partial charge in [0.25, 0.3) is 12.4 Å². The van der Waals surface area contributed by atoms with E-state index in [-0.39, 0.29) is 30.9 Å². The van der Waals surface area contributed by atoms with Crippen molar-refractivity contribution in [3.8, 4) is 0 Å². The average Bonchev–Trinajstić information content (AvgIpc) is 3.34. The van der Waals surface area contributed by atoms with Crippen molar-refractivity contribution in [1.82, 2.24) is 25.6 Å². The number of hydrogen-bond donors (Lipinski definition) is 6. The number of aliphatic hydroxyl groups excluding tert-OH is 1. The molecule has 0 saturated heterocycles. The Hall–Kier alpha value is -3.41. The molecule has 188 valence electrons. The molecule has 12 nitrogen and oxygen atoms in total. The Labute approximate surface area is 197 Å². The van der Waals surface area contributed by atoms with Crippen LogP contribution in [-0.2, 0) is 9.53 Å². The van der Waals surface area contributed by atoms with E-state index in [2.05, 4.69) is 30.9 Å². The van der Waals surface area contributed by atoms with Crippen LogP contribution in [0.15, 0.2) is 12.4 Å². The molecule has 0 aliphatic heterocycles. The molecule has 3 rings (SSSR count). The molecule has 34 heavy (non-hydrogen) atoms. The molecule has 1 aliphatic rings. The predicted molar refractivity (Wildman–Crippen MR) is 126 cm³/mol. The molecule has 1 atom stereocenters. The average molecular weight is 479 g/mol. The highest BCUT2D eigenvalue weighted by atomic mass is 16.6. The van der Waals surface area contributed by atoms with Gasteiger partial charge in [-0.2, -0.15) is 0 Å². The van der Waals surface area contributed by atoms with Gasteiger partial charge in [0.05, 0.1) is 23.6 Å². The highest BCUT2D eigenvalue weighted by Gasteiger charge is 2.45. The van der Waals surface area contributed by atoms with Crippen LogP contribution in [0.4, 0.5) is 10.6 Å². The number of amides is 2. The zero-order valence-corrected chi connectivity index (χ0v) is 20.1. The Morgan fingerprint density at radius 2 is 1.94 bits per heavy atom. The molecular weight excluding hydrogens is 444 g/mol. The first kappa shape index (κ1) is 26.8. The highest BCUT2D eigenvalue weighted by molar-refractivity contribution is 6.00. The van der Waals surface area contributed by atoms with E-state index in [4.69, 9.17) is 14.6 Å². The van der Waals surface area contributed by atoms with Crippen LogP contribution in [0.1, 0.15) is 57.9 Å². The van der Waals surface area contributed by atoms with Crippen molar-refractivity contribution in [2.75, 3.05) is 18.5 Å². The van der Waals surface area contributed by atoms with Crippen molar-refractivity contribution in [3.63, 3.8) is 0 Å². The van der Waals surface area contributed by atoms with Gasteiger partial charge in [-0.05, 0) is 45.6 Å². The number of ether oxygens (including phenoxy) is 1. The van der Waals surface area contributed by atoms with Crippen LogP contribution in [-0.4, -0.2) is 74.0 Å². The summed E-state index contributed by atoms with van der Waals surface area (Å²) in [5.74, 6) is 0.450. The number of fused-ring (bicyclic) bond motifs is 1. The molecule has 2 heterocycles. The van der Waals surface area contributed by atoms with E-state index in [0.29, 0.717) is 29.1 Å². The summed E-state index contributed by atoms with van der Waals surface area (Å²) in [7, 11) is 0. The summed E-state index contributed by atoms with van der Waals surface area (Å²) in [6.07, 6.45) is 2.47. The monoisotopic (exact) mass is 478 g/mol. The Morgan fingerprint density at radius 1 is 1.29 bits per heavy atom. The smallest absolute Gasteiger partial charge is 0.408 e. The summed E-state index contributed by atoms with van der Waals surface area (Å²) in [5, 5.41) is 26.1. The standard InChI is InChI=1S/C21H32N6O4.CH2O2/c1-12(2)15(9-28)26-17-13-8-14(25-16(13)23-11-24-17)18(29)22-10-21(6-7-21)27-19(30)31-20(3,4)5;2-1-3/h8,11-12,15,28H,6-7,9-10H2,1-5H3,(H,22,29)(H,27,30)(H2,23,24,25,26);1H,(H,2,3)/t15-;/m0./s1. The molecular formula is C22H34N6O6. The largest absolute Gasteiger partial charge is 0.483 e. The number of hydrogen-bond acceptors (Lipinski definition) is 8. The van der Waals surface area contributed by atoms with Crippen LogP contribution in [0.3, 0.4) is 0 Å². The fourth-order valence-corrected chi connectivity index (χ4v) is 3.14. The van der Waals surface area contributed by atoms with Crippen molar-refractivity contribution in [2.24, 2.45) is 5.92 Å². The Morgan fingerprint density at radius 3 is 2.47 bits per heavy atom. The number of aromatic nitrogens is 3. The third kappa shape index (κ3) is 7.58. The van der Waals surface area contributed by atoms with Crippen molar-refractivity contribution in [2.45, 2.75) is 64.6 Å². The molecule has 0 aromatic carbocycles. The normalized spacial score (nSPS) is 15.0. The fourth-order valence-electron chi connectivity index (χ4n) is 3.14. The minimum Gasteiger partial charge on any atom is -0.483 e. The number of alkyl carbamates (subject to hydrolysis) is 1. The number of carboxylic acid groups (broad SMARTS) is 1. The Balaban J connectivity index is 0.00000129. The molecule has 2 amide bonds. The van der Waals surface area contributed by atoms with Crippen LogP contribution < -0.4 is 16.0 Å². The Bertz CT molecular complexity index is 995. The Kier molecular flexibility index (Phi) is 8.80. The van der Waals surface area contributed by atoms with Gasteiger partial charge in [-0.25, -0.2) is 14.8 Å². The minimum atomic E-state index is -0.578. The first-order valence-electron chi connectivity index (χ1n) is 11.0. The van der Waals surface area contributed by atoms with Gasteiger partial charge < -0.3 is 35.9 Å². The number of nitrogens with zero attached hydrogens (tertiary/aromatic N) is 2. The number of rotatable bonds is 8. The van der Waals surface area contributed by atoms with Crippen molar-refractivity contribution < 1.29 is 29.3 Å².